The smallest absolute Gasteiger partial charge is 0.119 e. The molecular weight excluding hydrogens is 226 g/mol. The Morgan fingerprint density at radius 3 is 2.33 bits per heavy atom. The summed E-state index contributed by atoms with van der Waals surface area (Å²) in [5.74, 6) is 0.891. The molecule has 0 fully saturated rings. The number of hydrogen-bond acceptors (Lipinski definition) is 3. The molecule has 0 saturated heterocycles. The largest absolute Gasteiger partial charge is 0.491 e. The van der Waals surface area contributed by atoms with Gasteiger partial charge in [-0.05, 0) is 24.6 Å². The van der Waals surface area contributed by atoms with Crippen LogP contribution in [0.4, 0.5) is 0 Å². The van der Waals surface area contributed by atoms with Crippen molar-refractivity contribution in [1.29, 1.82) is 0 Å². The van der Waals surface area contributed by atoms with Gasteiger partial charge in [-0.25, -0.2) is 0 Å². The first-order valence-electron chi connectivity index (χ1n) is 6.47. The summed E-state index contributed by atoms with van der Waals surface area (Å²) in [4.78, 5) is 0. The lowest BCUT2D eigenvalue weighted by atomic mass is 9.87. The monoisotopic (exact) mass is 251 g/mol. The molecule has 1 rings (SSSR count). The maximum atomic E-state index is 5.65. The minimum atomic E-state index is 0.203. The number of nitrogens with one attached hydrogen (secondary N) is 1. The highest BCUT2D eigenvalue weighted by atomic mass is 16.5. The number of benzene rings is 1. The van der Waals surface area contributed by atoms with Crippen LogP contribution in [0.1, 0.15) is 20.8 Å². The molecule has 18 heavy (non-hydrogen) atoms. The van der Waals surface area contributed by atoms with Crippen molar-refractivity contribution in [2.75, 3.05) is 26.9 Å². The molecule has 0 aromatic heterocycles. The summed E-state index contributed by atoms with van der Waals surface area (Å²) in [7, 11) is 1.97. The van der Waals surface area contributed by atoms with Gasteiger partial charge < -0.3 is 14.8 Å². The van der Waals surface area contributed by atoms with Gasteiger partial charge in [-0.15, -0.1) is 0 Å². The van der Waals surface area contributed by atoms with Crippen LogP contribution in [0.3, 0.4) is 0 Å². The zero-order chi connectivity index (χ0) is 13.4. The number of hydrogen-bond donors (Lipinski definition) is 1. The van der Waals surface area contributed by atoms with E-state index >= 15 is 0 Å². The van der Waals surface area contributed by atoms with Gasteiger partial charge in [0.15, 0.2) is 0 Å². The third kappa shape index (κ3) is 5.52. The zero-order valence-corrected chi connectivity index (χ0v) is 11.9. The molecule has 1 atom stereocenters. The Balaban J connectivity index is 2.15. The highest BCUT2D eigenvalue weighted by Crippen LogP contribution is 2.18. The average Bonchev–Trinajstić information content (AvgIpc) is 2.33. The minimum absolute atomic E-state index is 0.203. The topological polar surface area (TPSA) is 30.5 Å². The van der Waals surface area contributed by atoms with Crippen molar-refractivity contribution in [3.8, 4) is 5.75 Å². The van der Waals surface area contributed by atoms with Crippen LogP contribution in [0.25, 0.3) is 0 Å². The Morgan fingerprint density at radius 1 is 1.11 bits per heavy atom. The molecule has 3 heteroatoms. The van der Waals surface area contributed by atoms with E-state index in [-0.39, 0.29) is 5.41 Å². The molecule has 0 aliphatic carbocycles. The van der Waals surface area contributed by atoms with Crippen LogP contribution >= 0.6 is 0 Å². The molecule has 1 aromatic rings. The maximum Gasteiger partial charge on any atom is 0.119 e. The molecule has 0 spiro atoms. The van der Waals surface area contributed by atoms with Gasteiger partial charge in [0.2, 0.25) is 0 Å². The predicted molar refractivity (Wildman–Crippen MR) is 75.1 cm³/mol. The lowest BCUT2D eigenvalue weighted by Crippen LogP contribution is -2.42. The third-order valence-electron chi connectivity index (χ3n) is 2.92. The van der Waals surface area contributed by atoms with E-state index in [1.165, 1.54) is 0 Å². The average molecular weight is 251 g/mol. The van der Waals surface area contributed by atoms with E-state index < -0.39 is 0 Å². The highest BCUT2D eigenvalue weighted by molar-refractivity contribution is 5.20. The van der Waals surface area contributed by atoms with E-state index in [0.717, 1.165) is 5.75 Å². The van der Waals surface area contributed by atoms with Gasteiger partial charge in [-0.3, -0.25) is 0 Å². The summed E-state index contributed by atoms with van der Waals surface area (Å²) >= 11 is 0. The maximum absolute atomic E-state index is 5.65. The van der Waals surface area contributed by atoms with E-state index in [0.29, 0.717) is 25.9 Å². The number of likely N-dealkylation sites (N-methyl/N-ethyl adjacent to an activating group) is 1. The van der Waals surface area contributed by atoms with Gasteiger partial charge in [0.25, 0.3) is 0 Å². The molecule has 0 amide bonds. The molecule has 0 aliphatic heterocycles. The first-order chi connectivity index (χ1) is 8.54. The van der Waals surface area contributed by atoms with Gasteiger partial charge in [0, 0.05) is 6.04 Å². The molecule has 1 unspecified atom stereocenters. The third-order valence-corrected chi connectivity index (χ3v) is 2.92. The van der Waals surface area contributed by atoms with Crippen molar-refractivity contribution in [2.45, 2.75) is 26.8 Å². The number of para-hydroxylation sites is 1. The lowest BCUT2D eigenvalue weighted by Gasteiger charge is -2.30. The van der Waals surface area contributed by atoms with Gasteiger partial charge in [-0.2, -0.15) is 0 Å². The summed E-state index contributed by atoms with van der Waals surface area (Å²) in [6.45, 7) is 8.53. The van der Waals surface area contributed by atoms with Crippen molar-refractivity contribution in [2.24, 2.45) is 5.41 Å². The summed E-state index contributed by atoms with van der Waals surface area (Å²) in [5, 5.41) is 3.28. The van der Waals surface area contributed by atoms with Crippen LogP contribution in [0.5, 0.6) is 5.75 Å². The molecule has 0 heterocycles. The minimum Gasteiger partial charge on any atom is -0.491 e. The van der Waals surface area contributed by atoms with Crippen LogP contribution < -0.4 is 10.1 Å². The fourth-order valence-electron chi connectivity index (χ4n) is 1.70. The van der Waals surface area contributed by atoms with E-state index in [4.69, 9.17) is 9.47 Å². The predicted octanol–water partition coefficient (Wildman–Crippen LogP) is 2.72. The fourth-order valence-corrected chi connectivity index (χ4v) is 1.70. The normalized spacial score (nSPS) is 13.3. The second-order valence-corrected chi connectivity index (χ2v) is 5.44. The summed E-state index contributed by atoms with van der Waals surface area (Å²) < 4.78 is 11.2. The van der Waals surface area contributed by atoms with Gasteiger partial charge >= 0.3 is 0 Å². The fraction of sp³-hybridized carbons (Fsp3) is 0.600. The molecule has 3 nitrogen and oxygen atoms in total. The molecule has 0 saturated carbocycles. The van der Waals surface area contributed by atoms with E-state index in [1.807, 2.05) is 37.4 Å². The molecule has 0 aliphatic rings. The van der Waals surface area contributed by atoms with Gasteiger partial charge in [0.05, 0.1) is 13.2 Å². The van der Waals surface area contributed by atoms with Gasteiger partial charge in [0.1, 0.15) is 12.4 Å². The van der Waals surface area contributed by atoms with Crippen LogP contribution in [-0.4, -0.2) is 32.9 Å². The van der Waals surface area contributed by atoms with Crippen LogP contribution in [0.15, 0.2) is 30.3 Å². The Labute approximate surface area is 110 Å². The Kier molecular flexibility index (Phi) is 6.16. The van der Waals surface area contributed by atoms with Crippen LogP contribution in [0.2, 0.25) is 0 Å². The van der Waals surface area contributed by atoms with Crippen molar-refractivity contribution in [3.63, 3.8) is 0 Å². The first kappa shape index (κ1) is 15.0. The van der Waals surface area contributed by atoms with Crippen molar-refractivity contribution < 1.29 is 9.47 Å². The number of ether oxygens (including phenoxy) is 2. The van der Waals surface area contributed by atoms with Crippen molar-refractivity contribution >= 4 is 0 Å². The second kappa shape index (κ2) is 7.39. The summed E-state index contributed by atoms with van der Waals surface area (Å²) in [6.07, 6.45) is 0. The Hall–Kier alpha value is -1.06. The van der Waals surface area contributed by atoms with Crippen molar-refractivity contribution in [3.05, 3.63) is 30.3 Å². The first-order valence-corrected chi connectivity index (χ1v) is 6.47. The van der Waals surface area contributed by atoms with E-state index in [2.05, 4.69) is 26.1 Å². The number of rotatable bonds is 7. The second-order valence-electron chi connectivity index (χ2n) is 5.44. The van der Waals surface area contributed by atoms with Gasteiger partial charge in [-0.1, -0.05) is 39.0 Å². The van der Waals surface area contributed by atoms with E-state index in [9.17, 15) is 0 Å². The Morgan fingerprint density at radius 2 is 1.78 bits per heavy atom. The molecule has 1 N–H and O–H groups in total. The lowest BCUT2D eigenvalue weighted by molar-refractivity contribution is 0.0592. The summed E-state index contributed by atoms with van der Waals surface area (Å²) in [5.41, 5.74) is 0.203. The molecule has 0 bridgehead atoms. The highest BCUT2D eigenvalue weighted by Gasteiger charge is 2.22. The standard InChI is InChI=1S/C15H25NO2/c1-15(2,3)14(16-4)12-17-10-11-18-13-8-6-5-7-9-13/h5-9,14,16H,10-12H2,1-4H3. The molecule has 102 valence electrons. The summed E-state index contributed by atoms with van der Waals surface area (Å²) in [6, 6.07) is 10.2. The quantitative estimate of drug-likeness (QED) is 0.756. The van der Waals surface area contributed by atoms with Crippen molar-refractivity contribution in [1.82, 2.24) is 5.32 Å². The van der Waals surface area contributed by atoms with Crippen LogP contribution in [0, 0.1) is 5.41 Å². The molecule has 1 aromatic carbocycles. The van der Waals surface area contributed by atoms with E-state index in [1.54, 1.807) is 0 Å². The van der Waals surface area contributed by atoms with Crippen LogP contribution in [-0.2, 0) is 4.74 Å². The molecular formula is C15H25NO2. The molecule has 0 radical (unpaired) electrons. The Bertz CT molecular complexity index is 319. The zero-order valence-electron chi connectivity index (χ0n) is 11.9. The SMILES string of the molecule is CNC(COCCOc1ccccc1)C(C)(C)C.